The van der Waals surface area contributed by atoms with Crippen LogP contribution in [0.25, 0.3) is 0 Å². The number of aromatic nitrogens is 1. The molecule has 0 spiro atoms. The summed E-state index contributed by atoms with van der Waals surface area (Å²) in [4.78, 5) is 4.02. The zero-order valence-electron chi connectivity index (χ0n) is 8.09. The molecular weight excluding hydrogens is 219 g/mol. The fourth-order valence-electron chi connectivity index (χ4n) is 1.92. The summed E-state index contributed by atoms with van der Waals surface area (Å²) in [6.07, 6.45) is 1.76. The Morgan fingerprint density at radius 1 is 1.43 bits per heavy atom. The zero-order valence-corrected chi connectivity index (χ0v) is 9.60. The van der Waals surface area contributed by atoms with E-state index in [9.17, 15) is 0 Å². The van der Waals surface area contributed by atoms with E-state index in [0.717, 1.165) is 5.56 Å². The lowest BCUT2D eigenvalue weighted by atomic mass is 10.1. The summed E-state index contributed by atoms with van der Waals surface area (Å²) >= 11 is 11.6. The predicted molar refractivity (Wildman–Crippen MR) is 58.8 cm³/mol. The van der Waals surface area contributed by atoms with Crippen LogP contribution < -0.4 is 5.73 Å². The molecule has 2 atom stereocenters. The van der Waals surface area contributed by atoms with Crippen molar-refractivity contribution in [2.75, 3.05) is 0 Å². The highest BCUT2D eigenvalue weighted by molar-refractivity contribution is 6.41. The van der Waals surface area contributed by atoms with E-state index in [-0.39, 0.29) is 11.5 Å². The number of hydrogen-bond acceptors (Lipinski definition) is 2. The van der Waals surface area contributed by atoms with Gasteiger partial charge in [-0.3, -0.25) is 0 Å². The highest BCUT2D eigenvalue weighted by Gasteiger charge is 2.56. The van der Waals surface area contributed by atoms with Crippen LogP contribution in [0.4, 0.5) is 0 Å². The second-order valence-electron chi connectivity index (χ2n) is 4.37. The van der Waals surface area contributed by atoms with Gasteiger partial charge in [0, 0.05) is 18.2 Å². The van der Waals surface area contributed by atoms with Crippen LogP contribution in [0.1, 0.15) is 25.3 Å². The smallest absolute Gasteiger partial charge is 0.147 e. The summed E-state index contributed by atoms with van der Waals surface area (Å²) in [6.45, 7) is 4.29. The summed E-state index contributed by atoms with van der Waals surface area (Å²) in [5, 5.41) is 0.849. The van der Waals surface area contributed by atoms with Crippen molar-refractivity contribution < 1.29 is 0 Å². The van der Waals surface area contributed by atoms with Gasteiger partial charge in [-0.1, -0.05) is 37.0 Å². The van der Waals surface area contributed by atoms with Crippen molar-refractivity contribution in [3.63, 3.8) is 0 Å². The molecule has 4 heteroatoms. The Labute approximate surface area is 93.4 Å². The van der Waals surface area contributed by atoms with Gasteiger partial charge in [0.25, 0.3) is 0 Å². The fourth-order valence-corrected chi connectivity index (χ4v) is 2.20. The van der Waals surface area contributed by atoms with Crippen LogP contribution in [0, 0.1) is 5.41 Å². The number of nitrogens with two attached hydrogens (primary N) is 1. The van der Waals surface area contributed by atoms with Crippen molar-refractivity contribution in [1.82, 2.24) is 4.98 Å². The average Bonchev–Trinajstić information content (AvgIpc) is 2.58. The highest BCUT2D eigenvalue weighted by atomic mass is 35.5. The first-order valence-corrected chi connectivity index (χ1v) is 5.26. The molecule has 2 rings (SSSR count). The standard InChI is InChI=1S/C10H12Cl2N2/c1-10(2)7(8(10)13)5-3-6(11)9(12)14-4-5/h3-4,7-8H,13H2,1-2H3/t7-,8-/m0/s1. The van der Waals surface area contributed by atoms with Crippen LogP contribution in [-0.2, 0) is 0 Å². The minimum atomic E-state index is 0.152. The summed E-state index contributed by atoms with van der Waals surface area (Å²) < 4.78 is 0. The molecule has 0 bridgehead atoms. The van der Waals surface area contributed by atoms with Crippen LogP contribution >= 0.6 is 23.2 Å². The molecule has 1 heterocycles. The number of pyridine rings is 1. The Hall–Kier alpha value is -0.310. The van der Waals surface area contributed by atoms with Crippen LogP contribution in [0.15, 0.2) is 12.3 Å². The molecule has 2 N–H and O–H groups in total. The minimum absolute atomic E-state index is 0.152. The lowest BCUT2D eigenvalue weighted by molar-refractivity contribution is 0.598. The van der Waals surface area contributed by atoms with Crippen molar-refractivity contribution in [1.29, 1.82) is 0 Å². The van der Waals surface area contributed by atoms with Gasteiger partial charge in [0.1, 0.15) is 5.15 Å². The van der Waals surface area contributed by atoms with E-state index in [1.165, 1.54) is 0 Å². The largest absolute Gasteiger partial charge is 0.327 e. The van der Waals surface area contributed by atoms with Crippen molar-refractivity contribution in [2.45, 2.75) is 25.8 Å². The second kappa shape index (κ2) is 3.09. The maximum absolute atomic E-state index is 5.96. The molecule has 0 aromatic carbocycles. The Morgan fingerprint density at radius 2 is 2.00 bits per heavy atom. The van der Waals surface area contributed by atoms with Gasteiger partial charge >= 0.3 is 0 Å². The monoisotopic (exact) mass is 230 g/mol. The van der Waals surface area contributed by atoms with Gasteiger partial charge in [-0.05, 0) is 17.0 Å². The molecular formula is C10H12Cl2N2. The average molecular weight is 231 g/mol. The number of halogens is 2. The minimum Gasteiger partial charge on any atom is -0.327 e. The van der Waals surface area contributed by atoms with Crippen molar-refractivity contribution in [2.24, 2.45) is 11.1 Å². The maximum Gasteiger partial charge on any atom is 0.147 e. The molecule has 76 valence electrons. The molecule has 1 aliphatic carbocycles. The van der Waals surface area contributed by atoms with E-state index >= 15 is 0 Å². The lowest BCUT2D eigenvalue weighted by Crippen LogP contribution is -2.06. The normalized spacial score (nSPS) is 28.9. The molecule has 1 fully saturated rings. The molecule has 0 amide bonds. The zero-order chi connectivity index (χ0) is 10.5. The Bertz CT molecular complexity index is 376. The van der Waals surface area contributed by atoms with Gasteiger partial charge in [0.2, 0.25) is 0 Å². The topological polar surface area (TPSA) is 38.9 Å². The predicted octanol–water partition coefficient (Wildman–Crippen LogP) is 2.84. The molecule has 0 aliphatic heterocycles. The van der Waals surface area contributed by atoms with Gasteiger partial charge in [-0.25, -0.2) is 4.98 Å². The lowest BCUT2D eigenvalue weighted by Gasteiger charge is -2.03. The van der Waals surface area contributed by atoms with Gasteiger partial charge in [0.05, 0.1) is 5.02 Å². The third-order valence-electron chi connectivity index (χ3n) is 3.09. The van der Waals surface area contributed by atoms with Gasteiger partial charge in [0.15, 0.2) is 0 Å². The summed E-state index contributed by atoms with van der Waals surface area (Å²) in [5.41, 5.74) is 7.19. The molecule has 2 nitrogen and oxygen atoms in total. The fraction of sp³-hybridized carbons (Fsp3) is 0.500. The van der Waals surface area contributed by atoms with Crippen LogP contribution in [0.5, 0.6) is 0 Å². The van der Waals surface area contributed by atoms with E-state index in [0.29, 0.717) is 16.1 Å². The van der Waals surface area contributed by atoms with Crippen LogP contribution in [0.2, 0.25) is 10.2 Å². The molecule has 0 unspecified atom stereocenters. The Morgan fingerprint density at radius 3 is 2.43 bits per heavy atom. The molecule has 1 saturated carbocycles. The quantitative estimate of drug-likeness (QED) is 0.754. The van der Waals surface area contributed by atoms with E-state index in [1.54, 1.807) is 6.20 Å². The maximum atomic E-state index is 5.96. The first-order valence-electron chi connectivity index (χ1n) is 4.51. The molecule has 1 aromatic heterocycles. The van der Waals surface area contributed by atoms with Gasteiger partial charge < -0.3 is 5.73 Å². The van der Waals surface area contributed by atoms with Crippen molar-refractivity contribution in [3.05, 3.63) is 28.0 Å². The first kappa shape index (κ1) is 10.2. The summed E-state index contributed by atoms with van der Waals surface area (Å²) in [6, 6.07) is 2.05. The van der Waals surface area contributed by atoms with E-state index in [4.69, 9.17) is 28.9 Å². The van der Waals surface area contributed by atoms with E-state index < -0.39 is 0 Å². The molecule has 0 saturated heterocycles. The summed E-state index contributed by atoms with van der Waals surface area (Å²) in [5.74, 6) is 0.352. The van der Waals surface area contributed by atoms with Crippen LogP contribution in [0.3, 0.4) is 0 Å². The third-order valence-corrected chi connectivity index (χ3v) is 3.77. The first-order chi connectivity index (χ1) is 6.44. The highest BCUT2D eigenvalue weighted by Crippen LogP contribution is 2.57. The molecule has 1 aromatic rings. The Balaban J connectivity index is 2.32. The second-order valence-corrected chi connectivity index (χ2v) is 5.13. The van der Waals surface area contributed by atoms with E-state index in [1.807, 2.05) is 6.07 Å². The third kappa shape index (κ3) is 1.42. The molecule has 0 radical (unpaired) electrons. The number of rotatable bonds is 1. The SMILES string of the molecule is CC1(C)[C@@H](N)[C@@H]1c1cnc(Cl)c(Cl)c1. The van der Waals surface area contributed by atoms with Gasteiger partial charge in [-0.15, -0.1) is 0 Å². The molecule has 14 heavy (non-hydrogen) atoms. The van der Waals surface area contributed by atoms with Crippen molar-refractivity contribution >= 4 is 23.2 Å². The summed E-state index contributed by atoms with van der Waals surface area (Å²) in [7, 11) is 0. The van der Waals surface area contributed by atoms with Crippen LogP contribution in [-0.4, -0.2) is 11.0 Å². The van der Waals surface area contributed by atoms with Gasteiger partial charge in [-0.2, -0.15) is 0 Å². The number of hydrogen-bond donors (Lipinski definition) is 1. The molecule has 1 aliphatic rings. The number of nitrogens with zero attached hydrogens (tertiary/aromatic N) is 1. The van der Waals surface area contributed by atoms with E-state index in [2.05, 4.69) is 18.8 Å². The Kier molecular flexibility index (Phi) is 2.25. The van der Waals surface area contributed by atoms with Crippen molar-refractivity contribution in [3.8, 4) is 0 Å².